The molecule has 0 fully saturated rings. The monoisotopic (exact) mass is 466 g/mol. The lowest BCUT2D eigenvalue weighted by atomic mass is 10.1. The van der Waals surface area contributed by atoms with E-state index in [-0.39, 0.29) is 10.6 Å². The third-order valence-corrected chi connectivity index (χ3v) is 6.72. The molecular weight excluding hydrogens is 444 g/mol. The molecule has 4 aromatic carbocycles. The summed E-state index contributed by atoms with van der Waals surface area (Å²) in [7, 11) is -3.91. The van der Waals surface area contributed by atoms with Crippen molar-refractivity contribution in [3.05, 3.63) is 115 Å². The highest BCUT2D eigenvalue weighted by molar-refractivity contribution is 7.87. The number of imidazole rings is 1. The van der Waals surface area contributed by atoms with Gasteiger partial charge in [-0.15, -0.1) is 0 Å². The molecule has 6 heteroatoms. The van der Waals surface area contributed by atoms with Gasteiger partial charge in [0.15, 0.2) is 0 Å². The second kappa shape index (κ2) is 9.00. The Hall–Kier alpha value is -4.16. The van der Waals surface area contributed by atoms with E-state index in [4.69, 9.17) is 9.17 Å². The molecule has 1 aromatic heterocycles. The molecular formula is C28H22N2O3S. The Labute approximate surface area is 198 Å². The van der Waals surface area contributed by atoms with Gasteiger partial charge in [-0.1, -0.05) is 78.4 Å². The highest BCUT2D eigenvalue weighted by Crippen LogP contribution is 2.33. The molecule has 1 N–H and O–H groups in total. The van der Waals surface area contributed by atoms with Crippen LogP contribution in [0.2, 0.25) is 0 Å². The van der Waals surface area contributed by atoms with Gasteiger partial charge in [0.2, 0.25) is 0 Å². The highest BCUT2D eigenvalue weighted by atomic mass is 32.2. The van der Waals surface area contributed by atoms with E-state index in [1.165, 1.54) is 12.1 Å². The van der Waals surface area contributed by atoms with Crippen molar-refractivity contribution in [2.45, 2.75) is 11.8 Å². The van der Waals surface area contributed by atoms with E-state index in [1.54, 1.807) is 36.4 Å². The van der Waals surface area contributed by atoms with Crippen molar-refractivity contribution >= 4 is 10.1 Å². The maximum absolute atomic E-state index is 12.6. The fraction of sp³-hybridized carbons (Fsp3) is 0.0357. The minimum Gasteiger partial charge on any atom is -0.379 e. The van der Waals surface area contributed by atoms with Crippen LogP contribution in [0, 0.1) is 6.92 Å². The average molecular weight is 467 g/mol. The summed E-state index contributed by atoms with van der Waals surface area (Å²) in [6.07, 6.45) is 0. The van der Waals surface area contributed by atoms with Crippen LogP contribution in [0.4, 0.5) is 0 Å². The van der Waals surface area contributed by atoms with Gasteiger partial charge in [0.1, 0.15) is 16.5 Å². The molecule has 0 unspecified atom stereocenters. The number of aromatic amines is 1. The zero-order chi connectivity index (χ0) is 23.5. The predicted molar refractivity (Wildman–Crippen MR) is 134 cm³/mol. The SMILES string of the molecule is Cc1ccc(S(=O)(=O)Oc2ccc(-c3nc(-c4ccccc4)c(-c4ccccc4)[nH]3)cc2)cc1. The minimum absolute atomic E-state index is 0.119. The van der Waals surface area contributed by atoms with Crippen LogP contribution < -0.4 is 4.18 Å². The summed E-state index contributed by atoms with van der Waals surface area (Å²) in [6, 6.07) is 33.5. The highest BCUT2D eigenvalue weighted by Gasteiger charge is 2.18. The van der Waals surface area contributed by atoms with Crippen LogP contribution in [0.1, 0.15) is 5.56 Å². The first kappa shape index (κ1) is 21.7. The summed E-state index contributed by atoms with van der Waals surface area (Å²) in [5, 5.41) is 0. The molecule has 0 saturated heterocycles. The van der Waals surface area contributed by atoms with Crippen LogP contribution in [0.25, 0.3) is 33.9 Å². The quantitative estimate of drug-likeness (QED) is 0.291. The van der Waals surface area contributed by atoms with Crippen LogP contribution in [0.3, 0.4) is 0 Å². The molecule has 0 aliphatic rings. The standard InChI is InChI=1S/C28H22N2O3S/c1-20-12-18-25(19-13-20)34(31,32)33-24-16-14-23(15-17-24)28-29-26(21-8-4-2-5-9-21)27(30-28)22-10-6-3-7-11-22/h2-19H,1H3,(H,29,30). The molecule has 0 radical (unpaired) electrons. The van der Waals surface area contributed by atoms with Crippen LogP contribution in [-0.4, -0.2) is 18.4 Å². The normalized spacial score (nSPS) is 11.3. The van der Waals surface area contributed by atoms with E-state index in [2.05, 4.69) is 4.98 Å². The molecule has 168 valence electrons. The predicted octanol–water partition coefficient (Wildman–Crippen LogP) is 6.49. The summed E-state index contributed by atoms with van der Waals surface area (Å²) >= 11 is 0. The molecule has 0 spiro atoms. The molecule has 0 atom stereocenters. The molecule has 34 heavy (non-hydrogen) atoms. The molecule has 0 aliphatic heterocycles. The Morgan fingerprint density at radius 3 is 1.88 bits per heavy atom. The Balaban J connectivity index is 1.47. The maximum atomic E-state index is 12.6. The van der Waals surface area contributed by atoms with Gasteiger partial charge in [-0.2, -0.15) is 8.42 Å². The van der Waals surface area contributed by atoms with E-state index in [9.17, 15) is 8.42 Å². The minimum atomic E-state index is -3.91. The first-order chi connectivity index (χ1) is 16.5. The van der Waals surface area contributed by atoms with Gasteiger partial charge in [0.05, 0.1) is 11.4 Å². The van der Waals surface area contributed by atoms with Crippen molar-refractivity contribution in [1.29, 1.82) is 0 Å². The molecule has 0 bridgehead atoms. The number of H-pyrrole nitrogens is 1. The van der Waals surface area contributed by atoms with Crippen molar-refractivity contribution in [2.75, 3.05) is 0 Å². The Morgan fingerprint density at radius 1 is 0.676 bits per heavy atom. The van der Waals surface area contributed by atoms with E-state index in [0.29, 0.717) is 5.82 Å². The number of nitrogens with one attached hydrogen (secondary N) is 1. The molecule has 5 rings (SSSR count). The zero-order valence-electron chi connectivity index (χ0n) is 18.5. The second-order valence-electron chi connectivity index (χ2n) is 7.92. The molecule has 0 amide bonds. The van der Waals surface area contributed by atoms with Gasteiger partial charge in [-0.05, 0) is 43.3 Å². The first-order valence-corrected chi connectivity index (χ1v) is 12.2. The third-order valence-electron chi connectivity index (χ3n) is 5.46. The van der Waals surface area contributed by atoms with Crippen molar-refractivity contribution in [2.24, 2.45) is 0 Å². The molecule has 0 saturated carbocycles. The van der Waals surface area contributed by atoms with E-state index >= 15 is 0 Å². The lowest BCUT2D eigenvalue weighted by Gasteiger charge is -2.07. The summed E-state index contributed by atoms with van der Waals surface area (Å²) in [5.41, 5.74) is 5.61. The first-order valence-electron chi connectivity index (χ1n) is 10.8. The summed E-state index contributed by atoms with van der Waals surface area (Å²) in [4.78, 5) is 8.43. The average Bonchev–Trinajstić information content (AvgIpc) is 3.31. The molecule has 0 aliphatic carbocycles. The van der Waals surface area contributed by atoms with Gasteiger partial charge >= 0.3 is 10.1 Å². The Bertz CT molecular complexity index is 1450. The number of rotatable bonds is 6. The maximum Gasteiger partial charge on any atom is 0.339 e. The number of aromatic nitrogens is 2. The van der Waals surface area contributed by atoms with Crippen LogP contribution in [0.5, 0.6) is 5.75 Å². The van der Waals surface area contributed by atoms with Crippen LogP contribution in [0.15, 0.2) is 114 Å². The topological polar surface area (TPSA) is 72.1 Å². The molecule has 5 aromatic rings. The smallest absolute Gasteiger partial charge is 0.339 e. The number of hydrogen-bond donors (Lipinski definition) is 1. The van der Waals surface area contributed by atoms with E-state index in [1.807, 2.05) is 67.6 Å². The number of nitrogens with zero attached hydrogens (tertiary/aromatic N) is 1. The largest absolute Gasteiger partial charge is 0.379 e. The van der Waals surface area contributed by atoms with Crippen molar-refractivity contribution < 1.29 is 12.6 Å². The van der Waals surface area contributed by atoms with Crippen molar-refractivity contribution in [3.8, 4) is 39.7 Å². The fourth-order valence-electron chi connectivity index (χ4n) is 3.68. The summed E-state index contributed by atoms with van der Waals surface area (Å²) < 4.78 is 30.5. The third kappa shape index (κ3) is 4.49. The number of hydrogen-bond acceptors (Lipinski definition) is 4. The molecule has 5 nitrogen and oxygen atoms in total. The Morgan fingerprint density at radius 2 is 1.26 bits per heavy atom. The lowest BCUT2D eigenvalue weighted by molar-refractivity contribution is 0.486. The second-order valence-corrected chi connectivity index (χ2v) is 9.46. The summed E-state index contributed by atoms with van der Waals surface area (Å²) in [6.45, 7) is 1.90. The van der Waals surface area contributed by atoms with Crippen LogP contribution >= 0.6 is 0 Å². The van der Waals surface area contributed by atoms with E-state index < -0.39 is 10.1 Å². The molecule has 1 heterocycles. The zero-order valence-corrected chi connectivity index (χ0v) is 19.3. The van der Waals surface area contributed by atoms with Gasteiger partial charge < -0.3 is 9.17 Å². The van der Waals surface area contributed by atoms with Gasteiger partial charge in [0.25, 0.3) is 0 Å². The number of benzene rings is 4. The van der Waals surface area contributed by atoms with Crippen molar-refractivity contribution in [3.63, 3.8) is 0 Å². The van der Waals surface area contributed by atoms with Gasteiger partial charge in [0, 0.05) is 16.7 Å². The number of aryl methyl sites for hydroxylation is 1. The van der Waals surface area contributed by atoms with Crippen LogP contribution in [-0.2, 0) is 10.1 Å². The Kier molecular flexibility index (Phi) is 5.74. The van der Waals surface area contributed by atoms with Gasteiger partial charge in [-0.3, -0.25) is 0 Å². The van der Waals surface area contributed by atoms with Gasteiger partial charge in [-0.25, -0.2) is 4.98 Å². The van der Waals surface area contributed by atoms with E-state index in [0.717, 1.165) is 33.6 Å². The summed E-state index contributed by atoms with van der Waals surface area (Å²) in [5.74, 6) is 0.924. The lowest BCUT2D eigenvalue weighted by Crippen LogP contribution is -2.09. The fourth-order valence-corrected chi connectivity index (χ4v) is 4.61. The van der Waals surface area contributed by atoms with Crippen molar-refractivity contribution in [1.82, 2.24) is 9.97 Å².